The van der Waals surface area contributed by atoms with Crippen LogP contribution in [0.4, 0.5) is 0 Å². The number of ketones is 1. The van der Waals surface area contributed by atoms with Crippen LogP contribution in [0.25, 0.3) is 0 Å². The minimum atomic E-state index is -0.141. The van der Waals surface area contributed by atoms with E-state index in [0.717, 1.165) is 22.5 Å². The van der Waals surface area contributed by atoms with E-state index in [-0.39, 0.29) is 11.7 Å². The van der Waals surface area contributed by atoms with Gasteiger partial charge in [-0.2, -0.15) is 0 Å². The van der Waals surface area contributed by atoms with Crippen LogP contribution in [0, 0.1) is 5.92 Å². The minimum Gasteiger partial charge on any atom is -0.293 e. The molecule has 2 aliphatic rings. The Morgan fingerprint density at radius 2 is 2.20 bits per heavy atom. The van der Waals surface area contributed by atoms with E-state index in [1.807, 2.05) is 31.2 Å². The Morgan fingerprint density at radius 1 is 1.40 bits per heavy atom. The number of Topliss-reactive ketones (excluding diaryl/α,β-unsaturated/α-hetero) is 1. The van der Waals surface area contributed by atoms with Gasteiger partial charge in [-0.3, -0.25) is 4.79 Å². The fourth-order valence-corrected chi connectivity index (χ4v) is 3.61. The molecule has 0 N–H and O–H groups in total. The molecule has 1 nitrogen and oxygen atoms in total. The van der Waals surface area contributed by atoms with Crippen molar-refractivity contribution in [3.05, 3.63) is 76.8 Å². The minimum absolute atomic E-state index is 0.141. The van der Waals surface area contributed by atoms with Crippen molar-refractivity contribution in [1.29, 1.82) is 0 Å². The van der Waals surface area contributed by atoms with Gasteiger partial charge < -0.3 is 0 Å². The van der Waals surface area contributed by atoms with E-state index in [0.29, 0.717) is 0 Å². The molecule has 0 fully saturated rings. The van der Waals surface area contributed by atoms with Gasteiger partial charge in [0.25, 0.3) is 0 Å². The normalized spacial score (nSPS) is 21.6. The molecule has 3 rings (SSSR count). The smallest absolute Gasteiger partial charge is 0.170 e. The number of allylic oxidation sites excluding steroid dienone is 6. The molecule has 0 amide bonds. The number of hydrogen-bond donors (Lipinski definition) is 0. The van der Waals surface area contributed by atoms with Crippen molar-refractivity contribution in [2.75, 3.05) is 0 Å². The number of carbonyl (C=O) groups is 1. The highest BCUT2D eigenvalue weighted by Gasteiger charge is 2.28. The molecule has 1 unspecified atom stereocenters. The molecular formula is C18H16OS. The lowest BCUT2D eigenvalue weighted by Crippen LogP contribution is -2.20. The second-order valence-electron chi connectivity index (χ2n) is 5.09. The van der Waals surface area contributed by atoms with Gasteiger partial charge in [0.2, 0.25) is 0 Å². The third-order valence-corrected chi connectivity index (χ3v) is 4.90. The third-order valence-electron chi connectivity index (χ3n) is 3.68. The van der Waals surface area contributed by atoms with Crippen LogP contribution in [0.15, 0.2) is 76.1 Å². The molecule has 0 saturated heterocycles. The third kappa shape index (κ3) is 2.32. The molecule has 1 atom stereocenters. The highest BCUT2D eigenvalue weighted by Crippen LogP contribution is 2.42. The highest BCUT2D eigenvalue weighted by molar-refractivity contribution is 8.03. The van der Waals surface area contributed by atoms with Crippen molar-refractivity contribution >= 4 is 17.5 Å². The Balaban J connectivity index is 1.93. The first-order valence-electron chi connectivity index (χ1n) is 6.71. The van der Waals surface area contributed by atoms with Gasteiger partial charge in [-0.1, -0.05) is 66.4 Å². The fraction of sp³-hybridized carbons (Fsp3) is 0.167. The molecule has 0 bridgehead atoms. The van der Waals surface area contributed by atoms with Gasteiger partial charge in [0.1, 0.15) is 0 Å². The first-order valence-corrected chi connectivity index (χ1v) is 7.53. The van der Waals surface area contributed by atoms with E-state index in [2.05, 4.69) is 24.8 Å². The maximum atomic E-state index is 12.6. The van der Waals surface area contributed by atoms with Crippen LogP contribution >= 0.6 is 11.8 Å². The average molecular weight is 280 g/mol. The second kappa shape index (κ2) is 5.29. The molecule has 0 radical (unpaired) electrons. The standard InChI is InChI=1S/C18H16OS/c1-3-12(2)10-14-8-9-17-15(18(14)19)11-13-6-4-5-7-16(13)20-17/h3-10,14H,1,11H2,2H3/b12-10+. The summed E-state index contributed by atoms with van der Waals surface area (Å²) in [4.78, 5) is 15.0. The molecule has 1 aromatic carbocycles. The molecular weight excluding hydrogens is 264 g/mol. The molecule has 2 heteroatoms. The van der Waals surface area contributed by atoms with E-state index >= 15 is 0 Å². The van der Waals surface area contributed by atoms with Crippen molar-refractivity contribution in [2.45, 2.75) is 18.2 Å². The van der Waals surface area contributed by atoms with Crippen molar-refractivity contribution in [3.63, 3.8) is 0 Å². The van der Waals surface area contributed by atoms with E-state index in [1.54, 1.807) is 17.8 Å². The van der Waals surface area contributed by atoms with Crippen LogP contribution < -0.4 is 0 Å². The van der Waals surface area contributed by atoms with Gasteiger partial charge in [0.15, 0.2) is 5.78 Å². The van der Waals surface area contributed by atoms with E-state index < -0.39 is 0 Å². The largest absolute Gasteiger partial charge is 0.293 e. The summed E-state index contributed by atoms with van der Waals surface area (Å²) in [6.07, 6.45) is 8.61. The molecule has 1 aromatic rings. The number of benzene rings is 1. The van der Waals surface area contributed by atoms with Crippen molar-refractivity contribution in [1.82, 2.24) is 0 Å². The van der Waals surface area contributed by atoms with Crippen molar-refractivity contribution < 1.29 is 4.79 Å². The molecule has 1 aliphatic heterocycles. The molecule has 1 heterocycles. The molecule has 20 heavy (non-hydrogen) atoms. The van der Waals surface area contributed by atoms with Gasteiger partial charge in [0, 0.05) is 21.8 Å². The van der Waals surface area contributed by atoms with Crippen LogP contribution in [0.2, 0.25) is 0 Å². The lowest BCUT2D eigenvalue weighted by Gasteiger charge is -2.25. The van der Waals surface area contributed by atoms with Gasteiger partial charge in [-0.05, 0) is 18.6 Å². The lowest BCUT2D eigenvalue weighted by atomic mass is 9.87. The summed E-state index contributed by atoms with van der Waals surface area (Å²) in [5.41, 5.74) is 3.25. The highest BCUT2D eigenvalue weighted by atomic mass is 32.2. The van der Waals surface area contributed by atoms with E-state index in [1.165, 1.54) is 10.5 Å². The summed E-state index contributed by atoms with van der Waals surface area (Å²) < 4.78 is 0. The van der Waals surface area contributed by atoms with Crippen LogP contribution in [0.1, 0.15) is 12.5 Å². The zero-order valence-corrected chi connectivity index (χ0v) is 12.2. The maximum Gasteiger partial charge on any atom is 0.170 e. The number of carbonyl (C=O) groups excluding carboxylic acids is 1. The second-order valence-corrected chi connectivity index (χ2v) is 6.18. The zero-order valence-electron chi connectivity index (χ0n) is 11.4. The van der Waals surface area contributed by atoms with Gasteiger partial charge in [-0.25, -0.2) is 0 Å². The van der Waals surface area contributed by atoms with Crippen molar-refractivity contribution in [3.8, 4) is 0 Å². The Kier molecular flexibility index (Phi) is 3.49. The Hall–Kier alpha value is -1.80. The maximum absolute atomic E-state index is 12.6. The van der Waals surface area contributed by atoms with Gasteiger partial charge >= 0.3 is 0 Å². The van der Waals surface area contributed by atoms with Crippen LogP contribution in [0.3, 0.4) is 0 Å². The quantitative estimate of drug-likeness (QED) is 0.743. The summed E-state index contributed by atoms with van der Waals surface area (Å²) in [6, 6.07) is 8.31. The van der Waals surface area contributed by atoms with Crippen LogP contribution in [0.5, 0.6) is 0 Å². The number of fused-ring (bicyclic) bond motifs is 1. The molecule has 100 valence electrons. The van der Waals surface area contributed by atoms with Crippen LogP contribution in [-0.4, -0.2) is 5.78 Å². The first-order chi connectivity index (χ1) is 9.69. The topological polar surface area (TPSA) is 17.1 Å². The monoisotopic (exact) mass is 280 g/mol. The van der Waals surface area contributed by atoms with E-state index in [9.17, 15) is 4.79 Å². The zero-order chi connectivity index (χ0) is 14.1. The SMILES string of the molecule is C=C/C(C)=C/C1C=CC2=C(Cc3ccccc3S2)C1=O. The van der Waals surface area contributed by atoms with Gasteiger partial charge in [0.05, 0.1) is 5.92 Å². The predicted octanol–water partition coefficient (Wildman–Crippen LogP) is 4.48. The fourth-order valence-electron chi connectivity index (χ4n) is 2.51. The first kappa shape index (κ1) is 13.2. The van der Waals surface area contributed by atoms with Crippen molar-refractivity contribution in [2.24, 2.45) is 5.92 Å². The number of rotatable bonds is 2. The average Bonchev–Trinajstić information content (AvgIpc) is 2.48. The molecule has 0 saturated carbocycles. The van der Waals surface area contributed by atoms with Gasteiger partial charge in [-0.15, -0.1) is 0 Å². The molecule has 0 aromatic heterocycles. The Labute approximate surface area is 123 Å². The molecule has 0 spiro atoms. The lowest BCUT2D eigenvalue weighted by molar-refractivity contribution is -0.117. The van der Waals surface area contributed by atoms with E-state index in [4.69, 9.17) is 0 Å². The number of hydrogen-bond acceptors (Lipinski definition) is 2. The summed E-state index contributed by atoms with van der Waals surface area (Å²) >= 11 is 1.70. The Bertz CT molecular complexity index is 676. The van der Waals surface area contributed by atoms with Crippen LogP contribution in [-0.2, 0) is 11.2 Å². The predicted molar refractivity (Wildman–Crippen MR) is 84.6 cm³/mol. The summed E-state index contributed by atoms with van der Waals surface area (Å²) in [7, 11) is 0. The Morgan fingerprint density at radius 3 is 3.00 bits per heavy atom. The summed E-state index contributed by atoms with van der Waals surface area (Å²) in [6.45, 7) is 5.72. The number of thioether (sulfide) groups is 1. The summed E-state index contributed by atoms with van der Waals surface area (Å²) in [5, 5.41) is 0. The molecule has 1 aliphatic carbocycles. The summed E-state index contributed by atoms with van der Waals surface area (Å²) in [5.74, 6) is 0.0864.